The maximum absolute atomic E-state index is 5.92. The van der Waals surface area contributed by atoms with E-state index in [0.29, 0.717) is 17.7 Å². The number of rotatable bonds is 4. The van der Waals surface area contributed by atoms with Gasteiger partial charge in [-0.25, -0.2) is 9.97 Å². The summed E-state index contributed by atoms with van der Waals surface area (Å²) in [4.78, 5) is 9.19. The van der Waals surface area contributed by atoms with Gasteiger partial charge in [0.25, 0.3) is 0 Å². The van der Waals surface area contributed by atoms with Crippen molar-refractivity contribution in [1.29, 1.82) is 0 Å². The number of hydrogen-bond donors (Lipinski definition) is 1. The molecule has 0 spiro atoms. The molecule has 2 rings (SSSR count). The third kappa shape index (κ3) is 3.21. The zero-order valence-corrected chi connectivity index (χ0v) is 11.8. The van der Waals surface area contributed by atoms with Gasteiger partial charge >= 0.3 is 0 Å². The molecular formula is C15H25N3. The summed E-state index contributed by atoms with van der Waals surface area (Å²) in [5.41, 5.74) is 7.02. The highest BCUT2D eigenvalue weighted by molar-refractivity contribution is 5.31. The molecule has 0 amide bonds. The minimum absolute atomic E-state index is 0.532. The minimum atomic E-state index is 0.532. The Labute approximate surface area is 110 Å². The topological polar surface area (TPSA) is 51.8 Å². The lowest BCUT2D eigenvalue weighted by Gasteiger charge is -2.12. The molecule has 100 valence electrons. The zero-order valence-electron chi connectivity index (χ0n) is 11.8. The number of hydrogen-bond acceptors (Lipinski definition) is 3. The van der Waals surface area contributed by atoms with Gasteiger partial charge in [-0.3, -0.25) is 0 Å². The van der Waals surface area contributed by atoms with E-state index in [4.69, 9.17) is 10.7 Å². The fourth-order valence-electron chi connectivity index (χ4n) is 2.93. The first-order valence-electron chi connectivity index (χ1n) is 7.21. The average Bonchev–Trinajstić information content (AvgIpc) is 2.75. The van der Waals surface area contributed by atoms with E-state index >= 15 is 0 Å². The van der Waals surface area contributed by atoms with Gasteiger partial charge < -0.3 is 5.73 Å². The standard InChI is InChI=1S/C15H25N3/c1-4-11-5-6-12(8-11)15-17-13(7-10(2)3)9-14(16)18-15/h9-12H,4-8H2,1-3H3,(H2,16,17,18). The second-order valence-corrected chi connectivity index (χ2v) is 6.02. The number of nitrogen functional groups attached to an aromatic ring is 1. The Morgan fingerprint density at radius 1 is 1.33 bits per heavy atom. The van der Waals surface area contributed by atoms with E-state index in [0.717, 1.165) is 23.9 Å². The lowest BCUT2D eigenvalue weighted by Crippen LogP contribution is -2.08. The largest absolute Gasteiger partial charge is 0.384 e. The fourth-order valence-corrected chi connectivity index (χ4v) is 2.93. The van der Waals surface area contributed by atoms with Crippen LogP contribution in [0.1, 0.15) is 63.9 Å². The van der Waals surface area contributed by atoms with E-state index in [9.17, 15) is 0 Å². The Balaban J connectivity index is 2.15. The van der Waals surface area contributed by atoms with E-state index in [1.807, 2.05) is 6.07 Å². The van der Waals surface area contributed by atoms with Gasteiger partial charge in [0.1, 0.15) is 11.6 Å². The summed E-state index contributed by atoms with van der Waals surface area (Å²) in [7, 11) is 0. The Morgan fingerprint density at radius 3 is 2.72 bits per heavy atom. The Hall–Kier alpha value is -1.12. The molecule has 0 bridgehead atoms. The Morgan fingerprint density at radius 2 is 2.11 bits per heavy atom. The molecule has 1 saturated carbocycles. The van der Waals surface area contributed by atoms with Crippen LogP contribution >= 0.6 is 0 Å². The minimum Gasteiger partial charge on any atom is -0.384 e. The first kappa shape index (κ1) is 13.3. The number of nitrogens with zero attached hydrogens (tertiary/aromatic N) is 2. The van der Waals surface area contributed by atoms with Gasteiger partial charge in [0, 0.05) is 17.7 Å². The van der Waals surface area contributed by atoms with Crippen molar-refractivity contribution in [1.82, 2.24) is 9.97 Å². The highest BCUT2D eigenvalue weighted by atomic mass is 15.0. The van der Waals surface area contributed by atoms with Crippen molar-refractivity contribution in [2.45, 2.75) is 58.8 Å². The van der Waals surface area contributed by atoms with Crippen molar-refractivity contribution < 1.29 is 0 Å². The number of anilines is 1. The van der Waals surface area contributed by atoms with Crippen LogP contribution in [0.2, 0.25) is 0 Å². The molecule has 3 nitrogen and oxygen atoms in total. The number of aromatic nitrogens is 2. The smallest absolute Gasteiger partial charge is 0.134 e. The summed E-state index contributed by atoms with van der Waals surface area (Å²) in [5.74, 6) is 3.62. The van der Waals surface area contributed by atoms with Crippen molar-refractivity contribution in [3.05, 3.63) is 17.6 Å². The van der Waals surface area contributed by atoms with Crippen LogP contribution in [-0.4, -0.2) is 9.97 Å². The first-order chi connectivity index (χ1) is 8.58. The van der Waals surface area contributed by atoms with Gasteiger partial charge in [-0.1, -0.05) is 27.2 Å². The molecule has 2 atom stereocenters. The van der Waals surface area contributed by atoms with E-state index in [-0.39, 0.29) is 0 Å². The van der Waals surface area contributed by atoms with Gasteiger partial charge in [-0.15, -0.1) is 0 Å². The van der Waals surface area contributed by atoms with Crippen LogP contribution in [0, 0.1) is 11.8 Å². The summed E-state index contributed by atoms with van der Waals surface area (Å²) < 4.78 is 0. The Bertz CT molecular complexity index is 401. The van der Waals surface area contributed by atoms with E-state index < -0.39 is 0 Å². The molecule has 0 aromatic carbocycles. The quantitative estimate of drug-likeness (QED) is 0.885. The average molecular weight is 247 g/mol. The number of nitrogens with two attached hydrogens (primary N) is 1. The lowest BCUT2D eigenvalue weighted by atomic mass is 10.0. The molecule has 1 aromatic rings. The van der Waals surface area contributed by atoms with Gasteiger partial charge in [-0.2, -0.15) is 0 Å². The predicted octanol–water partition coefficient (Wildman–Crippen LogP) is 3.55. The molecule has 1 aliphatic rings. The molecule has 0 aliphatic heterocycles. The molecule has 1 aromatic heterocycles. The van der Waals surface area contributed by atoms with Crippen LogP contribution in [0.5, 0.6) is 0 Å². The van der Waals surface area contributed by atoms with E-state index in [1.54, 1.807) is 0 Å². The van der Waals surface area contributed by atoms with Crippen LogP contribution < -0.4 is 5.73 Å². The molecule has 0 radical (unpaired) electrons. The Kier molecular flexibility index (Phi) is 4.20. The third-order valence-electron chi connectivity index (χ3n) is 3.92. The summed E-state index contributed by atoms with van der Waals surface area (Å²) in [6.45, 7) is 6.69. The zero-order chi connectivity index (χ0) is 13.1. The summed E-state index contributed by atoms with van der Waals surface area (Å²) >= 11 is 0. The highest BCUT2D eigenvalue weighted by Crippen LogP contribution is 2.38. The van der Waals surface area contributed by atoms with Crippen LogP contribution in [0.15, 0.2) is 6.07 Å². The monoisotopic (exact) mass is 247 g/mol. The maximum atomic E-state index is 5.92. The summed E-state index contributed by atoms with van der Waals surface area (Å²) in [6.07, 6.45) is 6.05. The van der Waals surface area contributed by atoms with Crippen molar-refractivity contribution in [3.8, 4) is 0 Å². The second kappa shape index (κ2) is 5.68. The van der Waals surface area contributed by atoms with Crippen LogP contribution in [-0.2, 0) is 6.42 Å². The third-order valence-corrected chi connectivity index (χ3v) is 3.92. The molecule has 1 aliphatic carbocycles. The van der Waals surface area contributed by atoms with Crippen LogP contribution in [0.3, 0.4) is 0 Å². The summed E-state index contributed by atoms with van der Waals surface area (Å²) in [6, 6.07) is 1.93. The molecule has 18 heavy (non-hydrogen) atoms. The molecule has 2 N–H and O–H groups in total. The second-order valence-electron chi connectivity index (χ2n) is 6.02. The molecular weight excluding hydrogens is 222 g/mol. The molecule has 1 fully saturated rings. The molecule has 0 saturated heterocycles. The SMILES string of the molecule is CCC1CCC(c2nc(N)cc(CC(C)C)n2)C1. The normalized spacial score (nSPS) is 23.8. The van der Waals surface area contributed by atoms with E-state index in [2.05, 4.69) is 25.8 Å². The van der Waals surface area contributed by atoms with Gasteiger partial charge in [0.15, 0.2) is 0 Å². The fraction of sp³-hybridized carbons (Fsp3) is 0.733. The molecule has 2 unspecified atom stereocenters. The molecule has 1 heterocycles. The predicted molar refractivity (Wildman–Crippen MR) is 75.4 cm³/mol. The van der Waals surface area contributed by atoms with Crippen molar-refractivity contribution in [3.63, 3.8) is 0 Å². The van der Waals surface area contributed by atoms with Crippen molar-refractivity contribution in [2.24, 2.45) is 11.8 Å². The summed E-state index contributed by atoms with van der Waals surface area (Å²) in [5, 5.41) is 0. The van der Waals surface area contributed by atoms with Crippen molar-refractivity contribution >= 4 is 5.82 Å². The van der Waals surface area contributed by atoms with E-state index in [1.165, 1.54) is 25.7 Å². The maximum Gasteiger partial charge on any atom is 0.134 e. The van der Waals surface area contributed by atoms with Crippen LogP contribution in [0.25, 0.3) is 0 Å². The van der Waals surface area contributed by atoms with Gasteiger partial charge in [0.05, 0.1) is 0 Å². The first-order valence-corrected chi connectivity index (χ1v) is 7.21. The van der Waals surface area contributed by atoms with Crippen molar-refractivity contribution in [2.75, 3.05) is 5.73 Å². The lowest BCUT2D eigenvalue weighted by molar-refractivity contribution is 0.515. The highest BCUT2D eigenvalue weighted by Gasteiger charge is 2.27. The van der Waals surface area contributed by atoms with Crippen LogP contribution in [0.4, 0.5) is 5.82 Å². The molecule has 3 heteroatoms. The van der Waals surface area contributed by atoms with Gasteiger partial charge in [0.2, 0.25) is 0 Å². The van der Waals surface area contributed by atoms with Gasteiger partial charge in [-0.05, 0) is 37.5 Å².